The van der Waals surface area contributed by atoms with E-state index >= 15 is 0 Å². The van der Waals surface area contributed by atoms with Gasteiger partial charge in [-0.25, -0.2) is 0 Å². The summed E-state index contributed by atoms with van der Waals surface area (Å²) in [4.78, 5) is 0. The van der Waals surface area contributed by atoms with Gasteiger partial charge >= 0.3 is 0 Å². The van der Waals surface area contributed by atoms with E-state index in [0.717, 1.165) is 5.56 Å². The van der Waals surface area contributed by atoms with E-state index in [1.165, 1.54) is 16.3 Å². The monoisotopic (exact) mass is 183 g/mol. The molecule has 0 fully saturated rings. The lowest BCUT2D eigenvalue weighted by molar-refractivity contribution is 1.08. The summed E-state index contributed by atoms with van der Waals surface area (Å²) in [5.74, 6) is 0. The van der Waals surface area contributed by atoms with Crippen LogP contribution in [0.25, 0.3) is 16.8 Å². The molecule has 70 valence electrons. The fourth-order valence-electron chi connectivity index (χ4n) is 1.57. The molecule has 1 heteroatoms. The number of nitrogens with two attached hydrogens (primary N) is 1. The lowest BCUT2D eigenvalue weighted by atomic mass is 10.0. The second kappa shape index (κ2) is 3.64. The first kappa shape index (κ1) is 8.97. The molecule has 0 atom stereocenters. The van der Waals surface area contributed by atoms with Crippen LogP contribution < -0.4 is 5.73 Å². The van der Waals surface area contributed by atoms with Crippen molar-refractivity contribution in [2.45, 2.75) is 6.54 Å². The molecule has 0 aliphatic heterocycles. The Labute approximate surface area is 83.9 Å². The molecule has 0 bridgehead atoms. The molecule has 0 aliphatic rings. The average Bonchev–Trinajstić information content (AvgIpc) is 2.27. The highest BCUT2D eigenvalue weighted by Gasteiger charge is 1.95. The summed E-state index contributed by atoms with van der Waals surface area (Å²) in [6, 6.07) is 12.6. The van der Waals surface area contributed by atoms with E-state index in [1.807, 2.05) is 6.08 Å². The first-order valence-electron chi connectivity index (χ1n) is 4.68. The van der Waals surface area contributed by atoms with E-state index < -0.39 is 0 Å². The standard InChI is InChI=1S/C13H13N/c1-2-10-3-5-13-8-11(9-14)4-6-12(13)7-10/h2-8H,1,9,14H2. The van der Waals surface area contributed by atoms with Gasteiger partial charge in [-0.1, -0.05) is 36.9 Å². The van der Waals surface area contributed by atoms with Crippen molar-refractivity contribution < 1.29 is 0 Å². The molecule has 0 unspecified atom stereocenters. The minimum atomic E-state index is 0.596. The molecule has 14 heavy (non-hydrogen) atoms. The highest BCUT2D eigenvalue weighted by atomic mass is 14.5. The van der Waals surface area contributed by atoms with Gasteiger partial charge in [-0.15, -0.1) is 0 Å². The van der Waals surface area contributed by atoms with E-state index in [4.69, 9.17) is 5.73 Å². The first-order valence-corrected chi connectivity index (χ1v) is 4.68. The maximum atomic E-state index is 5.58. The van der Waals surface area contributed by atoms with Crippen molar-refractivity contribution in [2.75, 3.05) is 0 Å². The quantitative estimate of drug-likeness (QED) is 0.761. The average molecular weight is 183 g/mol. The van der Waals surface area contributed by atoms with Crippen molar-refractivity contribution in [1.82, 2.24) is 0 Å². The predicted molar refractivity (Wildman–Crippen MR) is 61.9 cm³/mol. The van der Waals surface area contributed by atoms with E-state index in [1.54, 1.807) is 0 Å². The van der Waals surface area contributed by atoms with Crippen LogP contribution in [-0.4, -0.2) is 0 Å². The summed E-state index contributed by atoms with van der Waals surface area (Å²) in [5, 5.41) is 2.47. The smallest absolute Gasteiger partial charge is 0.0178 e. The Hall–Kier alpha value is -1.60. The summed E-state index contributed by atoms with van der Waals surface area (Å²) in [7, 11) is 0. The minimum absolute atomic E-state index is 0.596. The fourth-order valence-corrected chi connectivity index (χ4v) is 1.57. The molecular weight excluding hydrogens is 170 g/mol. The molecule has 0 aromatic heterocycles. The molecule has 2 N–H and O–H groups in total. The van der Waals surface area contributed by atoms with Crippen LogP contribution in [0.15, 0.2) is 43.0 Å². The van der Waals surface area contributed by atoms with Gasteiger partial charge in [0.05, 0.1) is 0 Å². The molecule has 1 nitrogen and oxygen atoms in total. The van der Waals surface area contributed by atoms with Gasteiger partial charge in [-0.2, -0.15) is 0 Å². The Balaban J connectivity index is 2.63. The summed E-state index contributed by atoms with van der Waals surface area (Å²) < 4.78 is 0. The molecule has 0 spiro atoms. The van der Waals surface area contributed by atoms with Crippen molar-refractivity contribution in [3.05, 3.63) is 54.1 Å². The molecule has 2 aromatic rings. The maximum absolute atomic E-state index is 5.58. The summed E-state index contributed by atoms with van der Waals surface area (Å²) in [5.41, 5.74) is 7.90. The first-order chi connectivity index (χ1) is 6.83. The Bertz CT molecular complexity index is 472. The molecule has 0 amide bonds. The molecule has 0 saturated carbocycles. The Morgan fingerprint density at radius 1 is 1.07 bits per heavy atom. The van der Waals surface area contributed by atoms with Crippen LogP contribution in [0, 0.1) is 0 Å². The van der Waals surface area contributed by atoms with E-state index in [2.05, 4.69) is 43.0 Å². The van der Waals surface area contributed by atoms with E-state index in [0.29, 0.717) is 6.54 Å². The lowest BCUT2D eigenvalue weighted by Gasteiger charge is -2.02. The van der Waals surface area contributed by atoms with Crippen molar-refractivity contribution in [3.63, 3.8) is 0 Å². The summed E-state index contributed by atoms with van der Waals surface area (Å²) in [6.45, 7) is 4.35. The van der Waals surface area contributed by atoms with Gasteiger partial charge in [0.25, 0.3) is 0 Å². The van der Waals surface area contributed by atoms with Gasteiger partial charge in [0.2, 0.25) is 0 Å². The third kappa shape index (κ3) is 1.54. The molecule has 0 aliphatic carbocycles. The second-order valence-electron chi connectivity index (χ2n) is 3.35. The number of rotatable bonds is 2. The normalized spacial score (nSPS) is 10.4. The van der Waals surface area contributed by atoms with Crippen LogP contribution in [-0.2, 0) is 6.54 Å². The third-order valence-corrected chi connectivity index (χ3v) is 2.40. The summed E-state index contributed by atoms with van der Waals surface area (Å²) in [6.07, 6.45) is 1.86. The van der Waals surface area contributed by atoms with Crippen LogP contribution >= 0.6 is 0 Å². The van der Waals surface area contributed by atoms with Crippen molar-refractivity contribution in [3.8, 4) is 0 Å². The maximum Gasteiger partial charge on any atom is 0.0178 e. The number of hydrogen-bond donors (Lipinski definition) is 1. The minimum Gasteiger partial charge on any atom is -0.326 e. The van der Waals surface area contributed by atoms with E-state index in [-0.39, 0.29) is 0 Å². The zero-order valence-electron chi connectivity index (χ0n) is 8.03. The fraction of sp³-hybridized carbons (Fsp3) is 0.0769. The van der Waals surface area contributed by atoms with Crippen LogP contribution in [0.3, 0.4) is 0 Å². The zero-order chi connectivity index (χ0) is 9.97. The van der Waals surface area contributed by atoms with Gasteiger partial charge in [-0.3, -0.25) is 0 Å². The lowest BCUT2D eigenvalue weighted by Crippen LogP contribution is -1.95. The zero-order valence-corrected chi connectivity index (χ0v) is 8.03. The largest absolute Gasteiger partial charge is 0.326 e. The third-order valence-electron chi connectivity index (χ3n) is 2.40. The van der Waals surface area contributed by atoms with Crippen molar-refractivity contribution in [2.24, 2.45) is 5.73 Å². The molecule has 2 aromatic carbocycles. The van der Waals surface area contributed by atoms with E-state index in [9.17, 15) is 0 Å². The van der Waals surface area contributed by atoms with Crippen LogP contribution in [0.5, 0.6) is 0 Å². The van der Waals surface area contributed by atoms with Crippen molar-refractivity contribution >= 4 is 16.8 Å². The molecular formula is C13H13N. The molecule has 0 saturated heterocycles. The SMILES string of the molecule is C=Cc1ccc2cc(CN)ccc2c1. The Kier molecular flexibility index (Phi) is 2.33. The second-order valence-corrected chi connectivity index (χ2v) is 3.35. The van der Waals surface area contributed by atoms with Gasteiger partial charge in [0, 0.05) is 6.54 Å². The molecule has 0 radical (unpaired) electrons. The topological polar surface area (TPSA) is 26.0 Å². The van der Waals surface area contributed by atoms with Gasteiger partial charge < -0.3 is 5.73 Å². The highest BCUT2D eigenvalue weighted by molar-refractivity contribution is 5.85. The number of benzene rings is 2. The van der Waals surface area contributed by atoms with Crippen molar-refractivity contribution in [1.29, 1.82) is 0 Å². The Morgan fingerprint density at radius 3 is 2.50 bits per heavy atom. The molecule has 2 rings (SSSR count). The van der Waals surface area contributed by atoms with Crippen LogP contribution in [0.2, 0.25) is 0 Å². The predicted octanol–water partition coefficient (Wildman–Crippen LogP) is 2.94. The Morgan fingerprint density at radius 2 is 1.79 bits per heavy atom. The number of fused-ring (bicyclic) bond motifs is 1. The number of hydrogen-bond acceptors (Lipinski definition) is 1. The molecule has 0 heterocycles. The van der Waals surface area contributed by atoms with Gasteiger partial charge in [0.1, 0.15) is 0 Å². The summed E-state index contributed by atoms with van der Waals surface area (Å²) >= 11 is 0. The van der Waals surface area contributed by atoms with Gasteiger partial charge in [0.15, 0.2) is 0 Å². The van der Waals surface area contributed by atoms with Crippen LogP contribution in [0.1, 0.15) is 11.1 Å². The van der Waals surface area contributed by atoms with Crippen LogP contribution in [0.4, 0.5) is 0 Å². The van der Waals surface area contributed by atoms with Gasteiger partial charge in [-0.05, 0) is 34.0 Å². The highest BCUT2D eigenvalue weighted by Crippen LogP contribution is 2.18.